The molecule has 0 aromatic heterocycles. The van der Waals surface area contributed by atoms with Crippen molar-refractivity contribution in [3.05, 3.63) is 33.1 Å². The molecule has 0 spiro atoms. The van der Waals surface area contributed by atoms with Gasteiger partial charge in [-0.15, -0.1) is 0 Å². The average molecular weight is 305 g/mol. The summed E-state index contributed by atoms with van der Waals surface area (Å²) in [5, 5.41) is 22.2. The number of carbonyl (C=O) groups is 1. The standard InChI is InChI=1S/C12H14ClFN2O4/c1-2-3-7(4-12(17)18)15-10-5-8(13)9(14)6-11(10)16(19)20/h5-7,15H,2-4H2,1H3,(H,17,18). The number of hydrogen-bond acceptors (Lipinski definition) is 4. The van der Waals surface area contributed by atoms with Crippen molar-refractivity contribution in [1.82, 2.24) is 0 Å². The Morgan fingerprint density at radius 3 is 2.75 bits per heavy atom. The summed E-state index contributed by atoms with van der Waals surface area (Å²) in [4.78, 5) is 20.9. The van der Waals surface area contributed by atoms with Crippen LogP contribution in [0.1, 0.15) is 26.2 Å². The molecule has 0 aliphatic rings. The molecule has 1 aromatic rings. The van der Waals surface area contributed by atoms with Crippen LogP contribution in [0, 0.1) is 15.9 Å². The second-order valence-corrected chi connectivity index (χ2v) is 4.68. The van der Waals surface area contributed by atoms with E-state index in [1.807, 2.05) is 6.92 Å². The molecule has 1 aromatic carbocycles. The van der Waals surface area contributed by atoms with Crippen molar-refractivity contribution in [3.8, 4) is 0 Å². The van der Waals surface area contributed by atoms with Gasteiger partial charge in [-0.3, -0.25) is 14.9 Å². The number of nitro groups is 1. The molecular formula is C12H14ClFN2O4. The minimum atomic E-state index is -1.02. The summed E-state index contributed by atoms with van der Waals surface area (Å²) < 4.78 is 13.3. The Hall–Kier alpha value is -1.89. The highest BCUT2D eigenvalue weighted by molar-refractivity contribution is 6.31. The molecular weight excluding hydrogens is 291 g/mol. The Morgan fingerprint density at radius 1 is 1.60 bits per heavy atom. The first-order chi connectivity index (χ1) is 9.35. The minimum absolute atomic E-state index is 0.0149. The fourth-order valence-corrected chi connectivity index (χ4v) is 1.97. The van der Waals surface area contributed by atoms with E-state index >= 15 is 0 Å². The molecule has 8 heteroatoms. The number of halogens is 2. The van der Waals surface area contributed by atoms with Crippen molar-refractivity contribution >= 4 is 28.9 Å². The summed E-state index contributed by atoms with van der Waals surface area (Å²) in [6.45, 7) is 1.86. The molecule has 1 rings (SSSR count). The van der Waals surface area contributed by atoms with Gasteiger partial charge < -0.3 is 10.4 Å². The monoisotopic (exact) mass is 304 g/mol. The summed E-state index contributed by atoms with van der Waals surface area (Å²) >= 11 is 5.60. The van der Waals surface area contributed by atoms with Crippen LogP contribution in [0.4, 0.5) is 15.8 Å². The number of nitrogens with zero attached hydrogens (tertiary/aromatic N) is 1. The maximum Gasteiger partial charge on any atom is 0.305 e. The van der Waals surface area contributed by atoms with E-state index in [1.54, 1.807) is 0 Å². The Kier molecular flexibility index (Phi) is 5.69. The van der Waals surface area contributed by atoms with Gasteiger partial charge >= 0.3 is 5.97 Å². The largest absolute Gasteiger partial charge is 0.481 e. The lowest BCUT2D eigenvalue weighted by Gasteiger charge is -2.17. The van der Waals surface area contributed by atoms with Gasteiger partial charge in [0.1, 0.15) is 11.5 Å². The highest BCUT2D eigenvalue weighted by Crippen LogP contribution is 2.31. The van der Waals surface area contributed by atoms with Gasteiger partial charge in [0, 0.05) is 6.04 Å². The minimum Gasteiger partial charge on any atom is -0.481 e. The van der Waals surface area contributed by atoms with Gasteiger partial charge in [0.25, 0.3) is 5.69 Å². The summed E-state index contributed by atoms with van der Waals surface area (Å²) in [6.07, 6.45) is 1.02. The van der Waals surface area contributed by atoms with Gasteiger partial charge in [0.05, 0.1) is 22.4 Å². The molecule has 0 radical (unpaired) electrons. The molecule has 0 aliphatic carbocycles. The molecule has 6 nitrogen and oxygen atoms in total. The van der Waals surface area contributed by atoms with E-state index in [1.165, 1.54) is 0 Å². The summed E-state index contributed by atoms with van der Waals surface area (Å²) in [7, 11) is 0. The van der Waals surface area contributed by atoms with Crippen LogP contribution in [0.25, 0.3) is 0 Å². The first-order valence-electron chi connectivity index (χ1n) is 5.96. The summed E-state index contributed by atoms with van der Waals surface area (Å²) in [5.41, 5.74) is -0.459. The third-order valence-electron chi connectivity index (χ3n) is 2.65. The predicted molar refractivity (Wildman–Crippen MR) is 72.6 cm³/mol. The number of carboxylic acids is 1. The van der Waals surface area contributed by atoms with Crippen LogP contribution in [0.5, 0.6) is 0 Å². The number of nitro benzene ring substituents is 1. The van der Waals surface area contributed by atoms with E-state index in [0.717, 1.165) is 6.07 Å². The molecule has 0 amide bonds. The molecule has 0 aliphatic heterocycles. The number of hydrogen-bond donors (Lipinski definition) is 2. The maximum atomic E-state index is 13.3. The Labute approximate surface area is 119 Å². The summed E-state index contributed by atoms with van der Waals surface area (Å²) in [6, 6.07) is 1.33. The quantitative estimate of drug-likeness (QED) is 0.594. The maximum absolute atomic E-state index is 13.3. The molecule has 2 N–H and O–H groups in total. The van der Waals surface area contributed by atoms with Crippen LogP contribution in [0.15, 0.2) is 12.1 Å². The smallest absolute Gasteiger partial charge is 0.305 e. The van der Waals surface area contributed by atoms with Crippen molar-refractivity contribution in [2.45, 2.75) is 32.2 Å². The number of nitrogens with one attached hydrogen (secondary N) is 1. The van der Waals surface area contributed by atoms with Gasteiger partial charge in [-0.1, -0.05) is 24.9 Å². The third-order valence-corrected chi connectivity index (χ3v) is 2.94. The molecule has 0 saturated carbocycles. The Balaban J connectivity index is 3.07. The molecule has 1 unspecified atom stereocenters. The Morgan fingerprint density at radius 2 is 2.25 bits per heavy atom. The molecule has 0 saturated heterocycles. The van der Waals surface area contributed by atoms with Crippen molar-refractivity contribution in [2.75, 3.05) is 5.32 Å². The van der Waals surface area contributed by atoms with Crippen molar-refractivity contribution in [3.63, 3.8) is 0 Å². The highest BCUT2D eigenvalue weighted by Gasteiger charge is 2.21. The first kappa shape index (κ1) is 16.2. The molecule has 110 valence electrons. The van der Waals surface area contributed by atoms with Crippen molar-refractivity contribution in [1.29, 1.82) is 0 Å². The lowest BCUT2D eigenvalue weighted by atomic mass is 10.1. The van der Waals surface area contributed by atoms with E-state index in [9.17, 15) is 19.3 Å². The van der Waals surface area contributed by atoms with Gasteiger partial charge in [0.15, 0.2) is 0 Å². The number of carboxylic acid groups (broad SMARTS) is 1. The SMILES string of the molecule is CCCC(CC(=O)O)Nc1cc(Cl)c(F)cc1[N+](=O)[O-]. The van der Waals surface area contributed by atoms with Crippen LogP contribution in [0.2, 0.25) is 5.02 Å². The van der Waals surface area contributed by atoms with E-state index in [2.05, 4.69) is 5.32 Å². The van der Waals surface area contributed by atoms with E-state index in [0.29, 0.717) is 18.9 Å². The van der Waals surface area contributed by atoms with Crippen LogP contribution < -0.4 is 5.32 Å². The fraction of sp³-hybridized carbons (Fsp3) is 0.417. The molecule has 0 bridgehead atoms. The van der Waals surface area contributed by atoms with Gasteiger partial charge in [-0.25, -0.2) is 4.39 Å². The van der Waals surface area contributed by atoms with Crippen molar-refractivity contribution in [2.24, 2.45) is 0 Å². The van der Waals surface area contributed by atoms with Gasteiger partial charge in [-0.2, -0.15) is 0 Å². The van der Waals surface area contributed by atoms with Crippen molar-refractivity contribution < 1.29 is 19.2 Å². The molecule has 1 atom stereocenters. The number of rotatable bonds is 7. The average Bonchev–Trinajstić information content (AvgIpc) is 2.32. The third kappa shape index (κ3) is 4.34. The molecule has 20 heavy (non-hydrogen) atoms. The molecule has 0 fully saturated rings. The van der Waals surface area contributed by atoms with Crippen LogP contribution in [0.3, 0.4) is 0 Å². The van der Waals surface area contributed by atoms with E-state index < -0.39 is 28.4 Å². The highest BCUT2D eigenvalue weighted by atomic mass is 35.5. The lowest BCUT2D eigenvalue weighted by molar-refractivity contribution is -0.384. The number of anilines is 1. The Bertz CT molecular complexity index is 524. The zero-order chi connectivity index (χ0) is 15.3. The summed E-state index contributed by atoms with van der Waals surface area (Å²) in [5.74, 6) is -1.92. The number of benzene rings is 1. The number of aliphatic carboxylic acids is 1. The zero-order valence-electron chi connectivity index (χ0n) is 10.7. The zero-order valence-corrected chi connectivity index (χ0v) is 11.5. The topological polar surface area (TPSA) is 92.5 Å². The second-order valence-electron chi connectivity index (χ2n) is 4.27. The van der Waals surface area contributed by atoms with Crippen LogP contribution >= 0.6 is 11.6 Å². The lowest BCUT2D eigenvalue weighted by Crippen LogP contribution is -2.23. The van der Waals surface area contributed by atoms with Crippen LogP contribution in [-0.2, 0) is 4.79 Å². The molecule has 0 heterocycles. The van der Waals surface area contributed by atoms with Gasteiger partial charge in [0.2, 0.25) is 0 Å². The van der Waals surface area contributed by atoms with E-state index in [-0.39, 0.29) is 17.1 Å². The van der Waals surface area contributed by atoms with Gasteiger partial charge in [-0.05, 0) is 12.5 Å². The predicted octanol–water partition coefficient (Wildman–Crippen LogP) is 3.44. The normalized spacial score (nSPS) is 11.9. The second kappa shape index (κ2) is 7.04. The first-order valence-corrected chi connectivity index (χ1v) is 6.34. The van der Waals surface area contributed by atoms with Crippen LogP contribution in [-0.4, -0.2) is 22.0 Å². The fourth-order valence-electron chi connectivity index (χ4n) is 1.81. The van der Waals surface area contributed by atoms with E-state index in [4.69, 9.17) is 16.7 Å².